The molecule has 0 aliphatic rings. The second kappa shape index (κ2) is 11.2. The molecule has 0 spiro atoms. The van der Waals surface area contributed by atoms with Gasteiger partial charge in [-0.1, -0.05) is 74.4 Å². The summed E-state index contributed by atoms with van der Waals surface area (Å²) in [7, 11) is 0. The third-order valence-electron chi connectivity index (χ3n) is 4.34. The van der Waals surface area contributed by atoms with E-state index in [0.29, 0.717) is 19.1 Å². The highest BCUT2D eigenvalue weighted by atomic mass is 16.5. The molecule has 1 unspecified atom stereocenters. The van der Waals surface area contributed by atoms with Crippen LogP contribution in [0.15, 0.2) is 54.1 Å². The summed E-state index contributed by atoms with van der Waals surface area (Å²) in [5, 5.41) is 0. The molecule has 0 aromatic heterocycles. The van der Waals surface area contributed by atoms with Crippen LogP contribution in [0.25, 0.3) is 0 Å². The van der Waals surface area contributed by atoms with Gasteiger partial charge in [-0.05, 0) is 50.5 Å². The van der Waals surface area contributed by atoms with E-state index < -0.39 is 0 Å². The Labute approximate surface area is 143 Å². The van der Waals surface area contributed by atoms with Gasteiger partial charge in [0.25, 0.3) is 0 Å². The van der Waals surface area contributed by atoms with E-state index >= 15 is 0 Å². The fraction of sp³-hybridized carbons (Fsp3) is 0.545. The lowest BCUT2D eigenvalue weighted by molar-refractivity contribution is 0.148. The van der Waals surface area contributed by atoms with Crippen LogP contribution in [-0.4, -0.2) is 6.61 Å². The molecule has 0 radical (unpaired) electrons. The number of hydrogen-bond donors (Lipinski definition) is 0. The predicted octanol–water partition coefficient (Wildman–Crippen LogP) is 6.56. The van der Waals surface area contributed by atoms with Crippen molar-refractivity contribution in [2.75, 3.05) is 6.61 Å². The van der Waals surface area contributed by atoms with Crippen LogP contribution in [0.3, 0.4) is 0 Å². The second-order valence-corrected chi connectivity index (χ2v) is 7.10. The van der Waals surface area contributed by atoms with Crippen molar-refractivity contribution >= 4 is 0 Å². The molecular weight excluding hydrogens is 280 g/mol. The number of ether oxygens (including phenoxy) is 1. The van der Waals surface area contributed by atoms with Crippen molar-refractivity contribution in [3.63, 3.8) is 0 Å². The molecule has 1 nitrogen and oxygen atoms in total. The molecular formula is C22H34O. The lowest BCUT2D eigenvalue weighted by Crippen LogP contribution is -2.04. The molecule has 0 aliphatic carbocycles. The number of benzene rings is 1. The molecule has 0 amide bonds. The van der Waals surface area contributed by atoms with E-state index in [9.17, 15) is 0 Å². The van der Waals surface area contributed by atoms with Gasteiger partial charge in [-0.25, -0.2) is 0 Å². The maximum Gasteiger partial charge on any atom is 0.0721 e. The van der Waals surface area contributed by atoms with E-state index in [1.54, 1.807) is 0 Å². The number of allylic oxidation sites excluding steroid dienone is 2. The largest absolute Gasteiger partial charge is 0.373 e. The first-order chi connectivity index (χ1) is 11.0. The minimum Gasteiger partial charge on any atom is -0.373 e. The van der Waals surface area contributed by atoms with Gasteiger partial charge >= 0.3 is 0 Å². The molecule has 0 saturated carbocycles. The highest BCUT2D eigenvalue weighted by Gasteiger charge is 2.10. The molecule has 0 N–H and O–H groups in total. The van der Waals surface area contributed by atoms with Gasteiger partial charge in [0, 0.05) is 0 Å². The summed E-state index contributed by atoms with van der Waals surface area (Å²) in [4.78, 5) is 0. The lowest BCUT2D eigenvalue weighted by Gasteiger charge is -2.18. The lowest BCUT2D eigenvalue weighted by atomic mass is 9.88. The van der Waals surface area contributed by atoms with Gasteiger partial charge in [0.15, 0.2) is 0 Å². The summed E-state index contributed by atoms with van der Waals surface area (Å²) >= 11 is 0. The summed E-state index contributed by atoms with van der Waals surface area (Å²) in [6.07, 6.45) is 7.14. The van der Waals surface area contributed by atoms with Crippen molar-refractivity contribution in [3.05, 3.63) is 59.7 Å². The Morgan fingerprint density at radius 3 is 2.39 bits per heavy atom. The Morgan fingerprint density at radius 2 is 1.78 bits per heavy atom. The fourth-order valence-corrected chi connectivity index (χ4v) is 2.63. The standard InChI is InChI=1S/C22H34O/c1-18(2)11-13-22(19(3)4)14-12-20(5)15-16-23-17-21-9-7-6-8-10-21/h6-10,15,18,22H,3,11-14,16-17H2,1-2,4-5H3/b20-15+. The first-order valence-corrected chi connectivity index (χ1v) is 8.91. The van der Waals surface area contributed by atoms with Crippen molar-refractivity contribution in [2.45, 2.75) is 60.0 Å². The molecule has 0 heterocycles. The van der Waals surface area contributed by atoms with E-state index in [2.05, 4.69) is 64.6 Å². The van der Waals surface area contributed by atoms with Gasteiger partial charge in [0.1, 0.15) is 0 Å². The van der Waals surface area contributed by atoms with Crippen molar-refractivity contribution < 1.29 is 4.74 Å². The molecule has 1 heteroatoms. The van der Waals surface area contributed by atoms with Crippen molar-refractivity contribution in [3.8, 4) is 0 Å². The van der Waals surface area contributed by atoms with Crippen molar-refractivity contribution in [1.82, 2.24) is 0 Å². The third-order valence-corrected chi connectivity index (χ3v) is 4.34. The fourth-order valence-electron chi connectivity index (χ4n) is 2.63. The van der Waals surface area contributed by atoms with E-state index in [-0.39, 0.29) is 0 Å². The maximum atomic E-state index is 5.73. The van der Waals surface area contributed by atoms with Crippen LogP contribution in [0.1, 0.15) is 58.9 Å². The molecule has 1 aromatic carbocycles. The maximum absolute atomic E-state index is 5.73. The van der Waals surface area contributed by atoms with Crippen molar-refractivity contribution in [2.24, 2.45) is 11.8 Å². The summed E-state index contributed by atoms with van der Waals surface area (Å²) in [6, 6.07) is 10.3. The van der Waals surface area contributed by atoms with Gasteiger partial charge in [-0.15, -0.1) is 0 Å². The first-order valence-electron chi connectivity index (χ1n) is 8.91. The average Bonchev–Trinajstić information content (AvgIpc) is 2.52. The van der Waals surface area contributed by atoms with Crippen LogP contribution >= 0.6 is 0 Å². The summed E-state index contributed by atoms with van der Waals surface area (Å²) in [6.45, 7) is 14.5. The monoisotopic (exact) mass is 314 g/mol. The van der Waals surface area contributed by atoms with Crippen molar-refractivity contribution in [1.29, 1.82) is 0 Å². The molecule has 128 valence electrons. The Kier molecular flexibility index (Phi) is 9.63. The first kappa shape index (κ1) is 19.7. The molecule has 0 saturated heterocycles. The molecule has 1 aromatic rings. The predicted molar refractivity (Wildman–Crippen MR) is 101 cm³/mol. The van der Waals surface area contributed by atoms with Crippen LogP contribution in [0.5, 0.6) is 0 Å². The molecule has 0 aliphatic heterocycles. The molecule has 23 heavy (non-hydrogen) atoms. The Morgan fingerprint density at radius 1 is 1.09 bits per heavy atom. The van der Waals surface area contributed by atoms with Gasteiger partial charge in [0.2, 0.25) is 0 Å². The molecule has 0 fully saturated rings. The minimum atomic E-state index is 0.658. The van der Waals surface area contributed by atoms with Gasteiger partial charge in [-0.3, -0.25) is 0 Å². The Balaban J connectivity index is 2.27. The highest BCUT2D eigenvalue weighted by molar-refractivity contribution is 5.13. The second-order valence-electron chi connectivity index (χ2n) is 7.10. The number of rotatable bonds is 11. The topological polar surface area (TPSA) is 9.23 Å². The van der Waals surface area contributed by atoms with E-state index in [1.165, 1.54) is 36.0 Å². The van der Waals surface area contributed by atoms with E-state index in [0.717, 1.165) is 12.3 Å². The van der Waals surface area contributed by atoms with Gasteiger partial charge in [-0.2, -0.15) is 0 Å². The SMILES string of the molecule is C=C(C)C(CC/C(C)=C/COCc1ccccc1)CCC(C)C. The quantitative estimate of drug-likeness (QED) is 0.332. The van der Waals surface area contributed by atoms with Gasteiger partial charge in [0.05, 0.1) is 13.2 Å². The van der Waals surface area contributed by atoms with Crippen LogP contribution in [-0.2, 0) is 11.3 Å². The van der Waals surface area contributed by atoms with Gasteiger partial charge < -0.3 is 4.74 Å². The highest BCUT2D eigenvalue weighted by Crippen LogP contribution is 2.25. The summed E-state index contributed by atoms with van der Waals surface area (Å²) in [5.41, 5.74) is 3.99. The molecule has 1 rings (SSSR count). The van der Waals surface area contributed by atoms with E-state index in [1.807, 2.05) is 6.07 Å². The molecule has 0 bridgehead atoms. The zero-order chi connectivity index (χ0) is 17.1. The van der Waals surface area contributed by atoms with Crippen LogP contribution in [0.4, 0.5) is 0 Å². The zero-order valence-corrected chi connectivity index (χ0v) is 15.5. The van der Waals surface area contributed by atoms with Crippen LogP contribution < -0.4 is 0 Å². The normalized spacial score (nSPS) is 13.3. The Hall–Kier alpha value is -1.34. The molecule has 1 atom stereocenters. The smallest absolute Gasteiger partial charge is 0.0721 e. The average molecular weight is 315 g/mol. The van der Waals surface area contributed by atoms with Crippen LogP contribution in [0.2, 0.25) is 0 Å². The third kappa shape index (κ3) is 9.40. The van der Waals surface area contributed by atoms with Crippen LogP contribution in [0, 0.1) is 11.8 Å². The zero-order valence-electron chi connectivity index (χ0n) is 15.5. The Bertz CT molecular complexity index is 470. The summed E-state index contributed by atoms with van der Waals surface area (Å²) < 4.78 is 5.73. The minimum absolute atomic E-state index is 0.658. The number of hydrogen-bond acceptors (Lipinski definition) is 1. The summed E-state index contributed by atoms with van der Waals surface area (Å²) in [5.74, 6) is 1.44. The van der Waals surface area contributed by atoms with E-state index in [4.69, 9.17) is 4.74 Å².